The van der Waals surface area contributed by atoms with Crippen LogP contribution in [0, 0.1) is 12.3 Å². The van der Waals surface area contributed by atoms with Crippen LogP contribution in [-0.2, 0) is 14.3 Å². The fourth-order valence-electron chi connectivity index (χ4n) is 4.65. The van der Waals surface area contributed by atoms with Gasteiger partial charge in [-0.15, -0.1) is 5.10 Å². The summed E-state index contributed by atoms with van der Waals surface area (Å²) in [7, 11) is 0. The van der Waals surface area contributed by atoms with Crippen LogP contribution in [-0.4, -0.2) is 58.8 Å². The molecule has 1 unspecified atom stereocenters. The summed E-state index contributed by atoms with van der Waals surface area (Å²) in [5.74, 6) is 0.822. The molecule has 3 heterocycles. The van der Waals surface area contributed by atoms with Crippen molar-refractivity contribution in [2.75, 3.05) is 36.5 Å². The minimum atomic E-state index is -0.471. The lowest BCUT2D eigenvalue weighted by molar-refractivity contribution is -0.143. The van der Waals surface area contributed by atoms with Crippen molar-refractivity contribution >= 4 is 29.0 Å². The zero-order valence-corrected chi connectivity index (χ0v) is 23.9. The van der Waals surface area contributed by atoms with E-state index in [4.69, 9.17) is 14.8 Å². The van der Waals surface area contributed by atoms with Crippen LogP contribution in [0.1, 0.15) is 65.4 Å². The number of aryl methyl sites for hydroxylation is 1. The summed E-state index contributed by atoms with van der Waals surface area (Å²) in [5, 5.41) is 11.6. The highest BCUT2D eigenvalue weighted by Gasteiger charge is 2.24. The van der Waals surface area contributed by atoms with Crippen molar-refractivity contribution in [3.05, 3.63) is 42.1 Å². The molecular weight excluding hydrogens is 492 g/mol. The molecule has 0 aliphatic carbocycles. The number of hydrogen-bond donors (Lipinski definition) is 2. The Morgan fingerprint density at radius 2 is 1.95 bits per heavy atom. The Morgan fingerprint density at radius 3 is 2.72 bits per heavy atom. The maximum atomic E-state index is 12.5. The van der Waals surface area contributed by atoms with Crippen molar-refractivity contribution in [3.8, 4) is 11.3 Å². The summed E-state index contributed by atoms with van der Waals surface area (Å²) in [5.41, 5.74) is 3.87. The first-order valence-corrected chi connectivity index (χ1v) is 14.1. The van der Waals surface area contributed by atoms with Gasteiger partial charge in [-0.2, -0.15) is 0 Å². The van der Waals surface area contributed by atoms with Gasteiger partial charge in [-0.05, 0) is 63.4 Å². The maximum absolute atomic E-state index is 12.5. The van der Waals surface area contributed by atoms with E-state index in [1.165, 1.54) is 0 Å². The Kier molecular flexibility index (Phi) is 9.22. The molecule has 1 atom stereocenters. The summed E-state index contributed by atoms with van der Waals surface area (Å²) >= 11 is 0. The van der Waals surface area contributed by atoms with Gasteiger partial charge in [0.1, 0.15) is 5.82 Å². The Bertz CT molecular complexity index is 1300. The molecule has 0 saturated carbocycles. The van der Waals surface area contributed by atoms with E-state index in [1.807, 2.05) is 75.7 Å². The lowest BCUT2D eigenvalue weighted by Crippen LogP contribution is -2.33. The zero-order chi connectivity index (χ0) is 28.0. The van der Waals surface area contributed by atoms with Gasteiger partial charge in [0, 0.05) is 42.2 Å². The second kappa shape index (κ2) is 12.6. The van der Waals surface area contributed by atoms with E-state index in [0.29, 0.717) is 19.1 Å². The van der Waals surface area contributed by atoms with Gasteiger partial charge < -0.3 is 20.3 Å². The van der Waals surface area contributed by atoms with Crippen LogP contribution < -0.4 is 15.5 Å². The van der Waals surface area contributed by atoms with Crippen molar-refractivity contribution in [1.82, 2.24) is 19.9 Å². The van der Waals surface area contributed by atoms with Gasteiger partial charge in [-0.25, -0.2) is 9.50 Å². The molecule has 4 rings (SSSR count). The number of nitrogens with zero attached hydrogens (tertiary/aromatic N) is 4. The van der Waals surface area contributed by atoms with Crippen LogP contribution in [0.15, 0.2) is 36.5 Å². The Morgan fingerprint density at radius 1 is 1.13 bits per heavy atom. The number of anilines is 2. The number of unbranched alkanes of at least 4 members (excludes halogenated alkanes) is 2. The van der Waals surface area contributed by atoms with E-state index < -0.39 is 5.41 Å². The van der Waals surface area contributed by atoms with Crippen LogP contribution >= 0.6 is 0 Å². The monoisotopic (exact) mass is 534 g/mol. The second-order valence-corrected chi connectivity index (χ2v) is 11.4. The summed E-state index contributed by atoms with van der Waals surface area (Å²) in [4.78, 5) is 31.1. The predicted molar refractivity (Wildman–Crippen MR) is 155 cm³/mol. The molecule has 210 valence electrons. The summed E-state index contributed by atoms with van der Waals surface area (Å²) in [6.45, 7) is 12.8. The van der Waals surface area contributed by atoms with E-state index in [-0.39, 0.29) is 11.9 Å². The normalized spacial score (nSPS) is 15.6. The molecule has 1 amide bonds. The van der Waals surface area contributed by atoms with Gasteiger partial charge in [-0.3, -0.25) is 9.59 Å². The minimum Gasteiger partial charge on any atom is -0.466 e. The van der Waals surface area contributed by atoms with E-state index in [2.05, 4.69) is 15.5 Å². The van der Waals surface area contributed by atoms with Crippen molar-refractivity contribution in [3.63, 3.8) is 0 Å². The number of carbonyl (C=O) groups excluding carboxylic acids is 2. The molecule has 0 bridgehead atoms. The third kappa shape index (κ3) is 7.56. The lowest BCUT2D eigenvalue weighted by atomic mass is 9.95. The van der Waals surface area contributed by atoms with Crippen LogP contribution in [0.25, 0.3) is 16.9 Å². The fraction of sp³-hybridized carbons (Fsp3) is 0.533. The summed E-state index contributed by atoms with van der Waals surface area (Å²) < 4.78 is 6.82. The number of hydrogen-bond acceptors (Lipinski definition) is 7. The van der Waals surface area contributed by atoms with Crippen LogP contribution in [0.3, 0.4) is 0 Å². The number of aromatic nitrogens is 3. The predicted octanol–water partition coefficient (Wildman–Crippen LogP) is 4.98. The van der Waals surface area contributed by atoms with E-state index in [9.17, 15) is 9.59 Å². The fourth-order valence-corrected chi connectivity index (χ4v) is 4.65. The number of ether oxygens (including phenoxy) is 1. The molecule has 3 aromatic rings. The number of rotatable bonds is 11. The van der Waals surface area contributed by atoms with E-state index in [0.717, 1.165) is 79.3 Å². The van der Waals surface area contributed by atoms with E-state index in [1.54, 1.807) is 0 Å². The molecule has 0 spiro atoms. The Balaban J connectivity index is 1.33. The van der Waals surface area contributed by atoms with Crippen LogP contribution in [0.2, 0.25) is 0 Å². The topological polar surface area (TPSA) is 101 Å². The van der Waals surface area contributed by atoms with Gasteiger partial charge in [0.05, 0.1) is 18.5 Å². The number of nitrogens with one attached hydrogen (secondary N) is 2. The number of imidazole rings is 1. The average Bonchev–Trinajstić information content (AvgIpc) is 3.54. The molecule has 1 aromatic carbocycles. The molecule has 1 aliphatic heterocycles. The van der Waals surface area contributed by atoms with Gasteiger partial charge in [0.25, 0.3) is 0 Å². The number of carbonyl (C=O) groups is 2. The first-order chi connectivity index (χ1) is 18.6. The van der Waals surface area contributed by atoms with Crippen LogP contribution in [0.5, 0.6) is 0 Å². The van der Waals surface area contributed by atoms with Crippen LogP contribution in [0.4, 0.5) is 11.5 Å². The highest BCUT2D eigenvalue weighted by atomic mass is 16.5. The molecule has 1 saturated heterocycles. The Labute approximate surface area is 231 Å². The van der Waals surface area contributed by atoms with Gasteiger partial charge in [-0.1, -0.05) is 39.3 Å². The number of fused-ring (bicyclic) bond motifs is 1. The standard InChI is InChI=1S/C30H42N6O3/c1-6-39-28(37)10-8-7-9-16-31-23-15-17-35(19-23)27-14-13-26-32-25(20-36(26)34-27)22-12-11-21(2)24(18-22)33-29(38)30(3,4)5/h11-14,18,20,23,31H,6-10,15-17,19H2,1-5H3,(H,33,38). The van der Waals surface area contributed by atoms with Crippen molar-refractivity contribution in [2.45, 2.75) is 72.8 Å². The third-order valence-electron chi connectivity index (χ3n) is 7.08. The van der Waals surface area contributed by atoms with Crippen molar-refractivity contribution < 1.29 is 14.3 Å². The molecule has 0 radical (unpaired) electrons. The second-order valence-electron chi connectivity index (χ2n) is 11.4. The smallest absolute Gasteiger partial charge is 0.305 e. The molecule has 2 aromatic heterocycles. The molecule has 1 fully saturated rings. The molecule has 2 N–H and O–H groups in total. The number of esters is 1. The van der Waals surface area contributed by atoms with Gasteiger partial charge >= 0.3 is 5.97 Å². The summed E-state index contributed by atoms with van der Waals surface area (Å²) in [6.07, 6.45) is 6.48. The van der Waals surface area contributed by atoms with Crippen molar-refractivity contribution in [1.29, 1.82) is 0 Å². The first-order valence-electron chi connectivity index (χ1n) is 14.1. The number of benzene rings is 1. The quantitative estimate of drug-likeness (QED) is 0.264. The SMILES string of the molecule is CCOC(=O)CCCCCNC1CCN(c2ccc3nc(-c4ccc(C)c(NC(=O)C(C)(C)C)c4)cn3n2)C1. The third-order valence-corrected chi connectivity index (χ3v) is 7.08. The largest absolute Gasteiger partial charge is 0.466 e. The van der Waals surface area contributed by atoms with Crippen molar-refractivity contribution in [2.24, 2.45) is 5.41 Å². The zero-order valence-electron chi connectivity index (χ0n) is 23.9. The molecule has 9 heteroatoms. The average molecular weight is 535 g/mol. The highest BCUT2D eigenvalue weighted by Crippen LogP contribution is 2.27. The first kappa shape index (κ1) is 28.5. The van der Waals surface area contributed by atoms with Gasteiger partial charge in [0.2, 0.25) is 5.91 Å². The highest BCUT2D eigenvalue weighted by molar-refractivity contribution is 5.95. The van der Waals surface area contributed by atoms with E-state index >= 15 is 0 Å². The lowest BCUT2D eigenvalue weighted by Gasteiger charge is -2.19. The molecule has 1 aliphatic rings. The molecule has 39 heavy (non-hydrogen) atoms. The number of amides is 1. The molecular formula is C30H42N6O3. The summed E-state index contributed by atoms with van der Waals surface area (Å²) in [6, 6.07) is 10.5. The van der Waals surface area contributed by atoms with Gasteiger partial charge in [0.15, 0.2) is 5.65 Å². The molecule has 9 nitrogen and oxygen atoms in total. The Hall–Kier alpha value is -3.46. The minimum absolute atomic E-state index is 0.0172. The maximum Gasteiger partial charge on any atom is 0.305 e.